The summed E-state index contributed by atoms with van der Waals surface area (Å²) in [5.41, 5.74) is 5.33. The fraction of sp³-hybridized carbons (Fsp3) is 0.462. The van der Waals surface area contributed by atoms with Gasteiger partial charge in [-0.05, 0) is 31.0 Å². The second kappa shape index (κ2) is 6.15. The standard InChI is InChI=1S/C13H19FN2O2S2/c1-8(2)9(3)16(4)20(17,18)10-5-6-12(14)11(7-10)13(15)19/h5-9H,1-4H3,(H2,15,19). The third-order valence-corrected chi connectivity index (χ3v) is 5.58. The highest BCUT2D eigenvalue weighted by Gasteiger charge is 2.27. The lowest BCUT2D eigenvalue weighted by Gasteiger charge is -2.27. The Hall–Kier alpha value is -1.05. The maximum absolute atomic E-state index is 13.5. The first-order valence-corrected chi connectivity index (χ1v) is 8.01. The van der Waals surface area contributed by atoms with E-state index in [-0.39, 0.29) is 27.4 Å². The number of nitrogens with two attached hydrogens (primary N) is 1. The topological polar surface area (TPSA) is 63.4 Å². The van der Waals surface area contributed by atoms with E-state index in [0.717, 1.165) is 6.07 Å². The van der Waals surface area contributed by atoms with Crippen LogP contribution in [0.15, 0.2) is 23.1 Å². The van der Waals surface area contributed by atoms with Crippen LogP contribution in [-0.2, 0) is 10.0 Å². The van der Waals surface area contributed by atoms with Crippen LogP contribution in [0.1, 0.15) is 26.3 Å². The first kappa shape index (κ1) is 17.0. The molecule has 7 heteroatoms. The van der Waals surface area contributed by atoms with Gasteiger partial charge in [-0.2, -0.15) is 4.31 Å². The average Bonchev–Trinajstić information content (AvgIpc) is 2.36. The van der Waals surface area contributed by atoms with Crippen molar-refractivity contribution in [1.82, 2.24) is 4.31 Å². The number of hydrogen-bond donors (Lipinski definition) is 1. The van der Waals surface area contributed by atoms with Gasteiger partial charge in [-0.3, -0.25) is 0 Å². The van der Waals surface area contributed by atoms with Crippen LogP contribution in [-0.4, -0.2) is 30.8 Å². The van der Waals surface area contributed by atoms with Crippen LogP contribution in [0.4, 0.5) is 4.39 Å². The molecule has 0 aliphatic heterocycles. The highest BCUT2D eigenvalue weighted by Crippen LogP contribution is 2.22. The van der Waals surface area contributed by atoms with E-state index in [9.17, 15) is 12.8 Å². The largest absolute Gasteiger partial charge is 0.389 e. The van der Waals surface area contributed by atoms with Gasteiger partial charge < -0.3 is 5.73 Å². The molecule has 0 spiro atoms. The second-order valence-corrected chi connectivity index (χ2v) is 7.45. The van der Waals surface area contributed by atoms with Gasteiger partial charge >= 0.3 is 0 Å². The molecule has 0 aliphatic carbocycles. The molecular formula is C13H19FN2O2S2. The molecule has 112 valence electrons. The van der Waals surface area contributed by atoms with Gasteiger partial charge in [-0.1, -0.05) is 26.1 Å². The van der Waals surface area contributed by atoms with Gasteiger partial charge in [0.1, 0.15) is 10.8 Å². The summed E-state index contributed by atoms with van der Waals surface area (Å²) in [7, 11) is -2.20. The minimum absolute atomic E-state index is 0.0169. The van der Waals surface area contributed by atoms with Gasteiger partial charge in [0.05, 0.1) is 4.90 Å². The number of halogens is 1. The summed E-state index contributed by atoms with van der Waals surface area (Å²) >= 11 is 4.72. The fourth-order valence-corrected chi connectivity index (χ4v) is 3.34. The van der Waals surface area contributed by atoms with E-state index in [0.29, 0.717) is 0 Å². The van der Waals surface area contributed by atoms with E-state index < -0.39 is 15.8 Å². The van der Waals surface area contributed by atoms with Gasteiger partial charge in [-0.25, -0.2) is 12.8 Å². The SMILES string of the molecule is CC(C)C(C)N(C)S(=O)(=O)c1ccc(F)c(C(N)=S)c1. The summed E-state index contributed by atoms with van der Waals surface area (Å²) in [6.45, 7) is 5.68. The Kier molecular flexibility index (Phi) is 5.23. The summed E-state index contributed by atoms with van der Waals surface area (Å²) < 4.78 is 39.8. The van der Waals surface area contributed by atoms with Crippen molar-refractivity contribution in [3.8, 4) is 0 Å². The highest BCUT2D eigenvalue weighted by atomic mass is 32.2. The Morgan fingerprint density at radius 3 is 2.35 bits per heavy atom. The van der Waals surface area contributed by atoms with Crippen molar-refractivity contribution >= 4 is 27.2 Å². The van der Waals surface area contributed by atoms with Crippen LogP contribution in [0, 0.1) is 11.7 Å². The average molecular weight is 318 g/mol. The lowest BCUT2D eigenvalue weighted by molar-refractivity contribution is 0.316. The minimum atomic E-state index is -3.70. The molecule has 1 rings (SSSR count). The number of benzene rings is 1. The Balaban J connectivity index is 3.30. The number of hydrogen-bond acceptors (Lipinski definition) is 3. The van der Waals surface area contributed by atoms with Crippen LogP contribution in [0.5, 0.6) is 0 Å². The van der Waals surface area contributed by atoms with Gasteiger partial charge in [0.15, 0.2) is 0 Å². The Morgan fingerprint density at radius 2 is 1.90 bits per heavy atom. The van der Waals surface area contributed by atoms with Crippen LogP contribution in [0.25, 0.3) is 0 Å². The third-order valence-electron chi connectivity index (χ3n) is 3.42. The number of nitrogens with zero attached hydrogens (tertiary/aromatic N) is 1. The van der Waals surface area contributed by atoms with E-state index >= 15 is 0 Å². The Labute approximate surface area is 124 Å². The third kappa shape index (κ3) is 3.34. The molecule has 0 amide bonds. The lowest BCUT2D eigenvalue weighted by atomic mass is 10.1. The molecule has 1 unspecified atom stereocenters. The molecule has 20 heavy (non-hydrogen) atoms. The van der Waals surface area contributed by atoms with Crippen LogP contribution < -0.4 is 5.73 Å². The predicted molar refractivity (Wildman–Crippen MR) is 81.5 cm³/mol. The zero-order valence-corrected chi connectivity index (χ0v) is 13.6. The van der Waals surface area contributed by atoms with Crippen LogP contribution >= 0.6 is 12.2 Å². The van der Waals surface area contributed by atoms with Gasteiger partial charge in [0.2, 0.25) is 10.0 Å². The van der Waals surface area contributed by atoms with E-state index in [2.05, 4.69) is 0 Å². The van der Waals surface area contributed by atoms with E-state index in [1.54, 1.807) is 0 Å². The molecule has 0 saturated carbocycles. The van der Waals surface area contributed by atoms with Gasteiger partial charge in [-0.15, -0.1) is 0 Å². The zero-order valence-electron chi connectivity index (χ0n) is 11.9. The zero-order chi connectivity index (χ0) is 15.7. The van der Waals surface area contributed by atoms with Crippen molar-refractivity contribution in [3.05, 3.63) is 29.6 Å². The Bertz CT molecular complexity index is 615. The van der Waals surface area contributed by atoms with Crippen LogP contribution in [0.3, 0.4) is 0 Å². The molecule has 1 aromatic rings. The normalized spacial score (nSPS) is 13.8. The maximum atomic E-state index is 13.5. The van der Waals surface area contributed by atoms with Crippen molar-refractivity contribution in [2.45, 2.75) is 31.7 Å². The van der Waals surface area contributed by atoms with Crippen molar-refractivity contribution < 1.29 is 12.8 Å². The molecular weight excluding hydrogens is 299 g/mol. The molecule has 0 radical (unpaired) electrons. The van der Waals surface area contributed by atoms with E-state index in [1.807, 2.05) is 20.8 Å². The summed E-state index contributed by atoms with van der Waals surface area (Å²) in [6.07, 6.45) is 0. The molecule has 1 atom stereocenters. The second-order valence-electron chi connectivity index (χ2n) is 5.01. The number of sulfonamides is 1. The lowest BCUT2D eigenvalue weighted by Crippen LogP contribution is -2.38. The summed E-state index contributed by atoms with van der Waals surface area (Å²) in [6, 6.07) is 3.28. The predicted octanol–water partition coefficient (Wildman–Crippen LogP) is 2.12. The minimum Gasteiger partial charge on any atom is -0.389 e. The van der Waals surface area contributed by atoms with Crippen molar-refractivity contribution in [2.24, 2.45) is 11.7 Å². The first-order chi connectivity index (χ1) is 9.09. The molecule has 2 N–H and O–H groups in total. The van der Waals surface area contributed by atoms with Crippen LogP contribution in [0.2, 0.25) is 0 Å². The van der Waals surface area contributed by atoms with Crippen molar-refractivity contribution in [3.63, 3.8) is 0 Å². The van der Waals surface area contributed by atoms with E-state index in [4.69, 9.17) is 18.0 Å². The quantitative estimate of drug-likeness (QED) is 0.845. The number of thiocarbonyl (C=S) groups is 1. The highest BCUT2D eigenvalue weighted by molar-refractivity contribution is 7.89. The monoisotopic (exact) mass is 318 g/mol. The Morgan fingerprint density at radius 1 is 1.35 bits per heavy atom. The molecule has 0 saturated heterocycles. The maximum Gasteiger partial charge on any atom is 0.243 e. The fourth-order valence-electron chi connectivity index (χ4n) is 1.66. The molecule has 0 heterocycles. The summed E-state index contributed by atoms with van der Waals surface area (Å²) in [5, 5.41) is 0. The summed E-state index contributed by atoms with van der Waals surface area (Å²) in [5.74, 6) is -0.471. The van der Waals surface area contributed by atoms with E-state index in [1.165, 1.54) is 23.5 Å². The van der Waals surface area contributed by atoms with Crippen molar-refractivity contribution in [2.75, 3.05) is 7.05 Å². The molecule has 1 aromatic carbocycles. The van der Waals surface area contributed by atoms with Crippen molar-refractivity contribution in [1.29, 1.82) is 0 Å². The number of rotatable bonds is 5. The first-order valence-electron chi connectivity index (χ1n) is 6.16. The van der Waals surface area contributed by atoms with Gasteiger partial charge in [0.25, 0.3) is 0 Å². The molecule has 4 nitrogen and oxygen atoms in total. The molecule has 0 aromatic heterocycles. The molecule has 0 fully saturated rings. The smallest absolute Gasteiger partial charge is 0.243 e. The molecule has 0 bridgehead atoms. The van der Waals surface area contributed by atoms with Gasteiger partial charge in [0, 0.05) is 18.7 Å². The molecule has 0 aliphatic rings. The summed E-state index contributed by atoms with van der Waals surface area (Å²) in [4.78, 5) is -0.184.